The molecule has 1 aromatic rings. The predicted molar refractivity (Wildman–Crippen MR) is 87.2 cm³/mol. The third kappa shape index (κ3) is 3.78. The largest absolute Gasteiger partial charge is 0.334 e. The summed E-state index contributed by atoms with van der Waals surface area (Å²) >= 11 is 9.42. The molecule has 0 spiro atoms. The van der Waals surface area contributed by atoms with Crippen molar-refractivity contribution in [2.24, 2.45) is 5.92 Å². The standard InChI is InChI=1S/C16H18BrClN2O/c1-2-11-5-7-16(10-19,8-6-11)20-15(21)13-4-3-12(17)9-14(13)18/h3-4,9,11H,2,5-8H2,1H3,(H,20,21). The summed E-state index contributed by atoms with van der Waals surface area (Å²) < 4.78 is 0.822. The molecule has 3 nitrogen and oxygen atoms in total. The van der Waals surface area contributed by atoms with E-state index in [1.807, 2.05) is 0 Å². The van der Waals surface area contributed by atoms with Crippen molar-refractivity contribution < 1.29 is 4.79 Å². The molecule has 0 atom stereocenters. The molecular weight excluding hydrogens is 352 g/mol. The highest BCUT2D eigenvalue weighted by Gasteiger charge is 2.36. The summed E-state index contributed by atoms with van der Waals surface area (Å²) in [5.41, 5.74) is -0.341. The average Bonchev–Trinajstić information content (AvgIpc) is 2.47. The molecule has 0 unspecified atom stereocenters. The highest BCUT2D eigenvalue weighted by molar-refractivity contribution is 9.10. The minimum Gasteiger partial charge on any atom is -0.334 e. The lowest BCUT2D eigenvalue weighted by molar-refractivity contribution is 0.0891. The van der Waals surface area contributed by atoms with E-state index in [2.05, 4.69) is 34.2 Å². The van der Waals surface area contributed by atoms with Crippen LogP contribution in [0.15, 0.2) is 22.7 Å². The molecule has 5 heteroatoms. The van der Waals surface area contributed by atoms with Gasteiger partial charge in [0.05, 0.1) is 16.7 Å². The van der Waals surface area contributed by atoms with Gasteiger partial charge in [-0.25, -0.2) is 0 Å². The minimum atomic E-state index is -0.751. The number of hydrogen-bond acceptors (Lipinski definition) is 2. The molecule has 1 amide bonds. The lowest BCUT2D eigenvalue weighted by Gasteiger charge is -2.35. The van der Waals surface area contributed by atoms with E-state index in [1.54, 1.807) is 18.2 Å². The van der Waals surface area contributed by atoms with E-state index >= 15 is 0 Å². The zero-order valence-corrected chi connectivity index (χ0v) is 14.3. The maximum atomic E-state index is 12.4. The van der Waals surface area contributed by atoms with Crippen LogP contribution in [0.2, 0.25) is 5.02 Å². The first-order chi connectivity index (χ1) is 9.99. The number of rotatable bonds is 3. The second-order valence-corrected chi connectivity index (χ2v) is 6.95. The maximum absolute atomic E-state index is 12.4. The molecule has 112 valence electrons. The summed E-state index contributed by atoms with van der Waals surface area (Å²) in [5, 5.41) is 12.8. The molecule has 1 aliphatic carbocycles. The molecule has 0 bridgehead atoms. The first-order valence-corrected chi connectivity index (χ1v) is 8.35. The lowest BCUT2D eigenvalue weighted by Crippen LogP contribution is -2.49. The van der Waals surface area contributed by atoms with Gasteiger partial charge in [0.2, 0.25) is 0 Å². The first-order valence-electron chi connectivity index (χ1n) is 7.18. The Balaban J connectivity index is 2.12. The van der Waals surface area contributed by atoms with E-state index in [1.165, 1.54) is 0 Å². The number of nitrogens with zero attached hydrogens (tertiary/aromatic N) is 1. The van der Waals surface area contributed by atoms with Crippen molar-refractivity contribution >= 4 is 33.4 Å². The van der Waals surface area contributed by atoms with Crippen LogP contribution in [-0.2, 0) is 0 Å². The molecule has 1 aliphatic rings. The zero-order valence-electron chi connectivity index (χ0n) is 12.0. The van der Waals surface area contributed by atoms with Gasteiger partial charge in [-0.1, -0.05) is 40.9 Å². The van der Waals surface area contributed by atoms with E-state index in [-0.39, 0.29) is 5.91 Å². The molecule has 21 heavy (non-hydrogen) atoms. The third-order valence-electron chi connectivity index (χ3n) is 4.28. The summed E-state index contributed by atoms with van der Waals surface area (Å²) in [6.45, 7) is 2.17. The van der Waals surface area contributed by atoms with Gasteiger partial charge < -0.3 is 5.32 Å². The van der Waals surface area contributed by atoms with Crippen LogP contribution in [0.1, 0.15) is 49.4 Å². The number of carbonyl (C=O) groups is 1. The van der Waals surface area contributed by atoms with Crippen LogP contribution in [0.4, 0.5) is 0 Å². The Kier molecular flexibility index (Phi) is 5.29. The van der Waals surface area contributed by atoms with Crippen LogP contribution in [0.5, 0.6) is 0 Å². The van der Waals surface area contributed by atoms with E-state index in [0.29, 0.717) is 29.3 Å². The van der Waals surface area contributed by atoms with Crippen LogP contribution < -0.4 is 5.32 Å². The number of amides is 1. The molecule has 0 radical (unpaired) electrons. The highest BCUT2D eigenvalue weighted by atomic mass is 79.9. The summed E-state index contributed by atoms with van der Waals surface area (Å²) in [5.74, 6) is 0.392. The van der Waals surface area contributed by atoms with Gasteiger partial charge in [0.1, 0.15) is 5.54 Å². The third-order valence-corrected chi connectivity index (χ3v) is 5.08. The smallest absolute Gasteiger partial charge is 0.254 e. The zero-order chi connectivity index (χ0) is 15.5. The maximum Gasteiger partial charge on any atom is 0.254 e. The Morgan fingerprint density at radius 1 is 1.52 bits per heavy atom. The molecule has 1 saturated carbocycles. The Hall–Kier alpha value is -1.05. The Morgan fingerprint density at radius 2 is 2.19 bits per heavy atom. The van der Waals surface area contributed by atoms with Gasteiger partial charge in [-0.15, -0.1) is 0 Å². The van der Waals surface area contributed by atoms with Crippen LogP contribution >= 0.6 is 27.5 Å². The summed E-state index contributed by atoms with van der Waals surface area (Å²) in [4.78, 5) is 12.4. The quantitative estimate of drug-likeness (QED) is 0.840. The number of benzene rings is 1. The molecule has 1 fully saturated rings. The average molecular weight is 370 g/mol. The molecule has 1 aromatic carbocycles. The van der Waals surface area contributed by atoms with E-state index in [0.717, 1.165) is 23.7 Å². The van der Waals surface area contributed by atoms with Crippen LogP contribution in [0.3, 0.4) is 0 Å². The Bertz CT molecular complexity index is 574. The summed E-state index contributed by atoms with van der Waals surface area (Å²) in [6, 6.07) is 7.44. The van der Waals surface area contributed by atoms with Crippen molar-refractivity contribution in [3.63, 3.8) is 0 Å². The number of halogens is 2. The van der Waals surface area contributed by atoms with Crippen molar-refractivity contribution in [1.82, 2.24) is 5.32 Å². The Morgan fingerprint density at radius 3 is 2.71 bits per heavy atom. The van der Waals surface area contributed by atoms with Gasteiger partial charge in [0.25, 0.3) is 5.91 Å². The highest BCUT2D eigenvalue weighted by Crippen LogP contribution is 2.34. The molecule has 0 heterocycles. The number of nitrogens with one attached hydrogen (secondary N) is 1. The van der Waals surface area contributed by atoms with Crippen LogP contribution in [0.25, 0.3) is 0 Å². The van der Waals surface area contributed by atoms with Crippen molar-refractivity contribution in [3.8, 4) is 6.07 Å². The fraction of sp³-hybridized carbons (Fsp3) is 0.500. The number of hydrogen-bond donors (Lipinski definition) is 1. The Labute approximate surface area is 138 Å². The monoisotopic (exact) mass is 368 g/mol. The summed E-state index contributed by atoms with van der Waals surface area (Å²) in [6.07, 6.45) is 4.52. The van der Waals surface area contributed by atoms with Gasteiger partial charge in [0.15, 0.2) is 0 Å². The predicted octanol–water partition coefficient (Wildman–Crippen LogP) is 4.69. The fourth-order valence-corrected chi connectivity index (χ4v) is 3.56. The van der Waals surface area contributed by atoms with Gasteiger partial charge in [0, 0.05) is 4.47 Å². The van der Waals surface area contributed by atoms with Crippen molar-refractivity contribution in [3.05, 3.63) is 33.3 Å². The second-order valence-electron chi connectivity index (χ2n) is 5.62. The molecular formula is C16H18BrClN2O. The van der Waals surface area contributed by atoms with E-state index in [4.69, 9.17) is 11.6 Å². The molecule has 0 aliphatic heterocycles. The molecule has 0 saturated heterocycles. The second kappa shape index (κ2) is 6.81. The van der Waals surface area contributed by atoms with Gasteiger partial charge in [-0.3, -0.25) is 4.79 Å². The van der Waals surface area contributed by atoms with Gasteiger partial charge >= 0.3 is 0 Å². The molecule has 1 N–H and O–H groups in total. The lowest BCUT2D eigenvalue weighted by atomic mass is 9.76. The summed E-state index contributed by atoms with van der Waals surface area (Å²) in [7, 11) is 0. The first kappa shape index (κ1) is 16.3. The van der Waals surface area contributed by atoms with E-state index in [9.17, 15) is 10.1 Å². The van der Waals surface area contributed by atoms with E-state index < -0.39 is 5.54 Å². The van der Waals surface area contributed by atoms with Crippen molar-refractivity contribution in [2.75, 3.05) is 0 Å². The molecule has 2 rings (SSSR count). The van der Waals surface area contributed by atoms with Gasteiger partial charge in [-0.2, -0.15) is 5.26 Å². The fourth-order valence-electron chi connectivity index (χ4n) is 2.80. The van der Waals surface area contributed by atoms with Crippen molar-refractivity contribution in [1.29, 1.82) is 5.26 Å². The van der Waals surface area contributed by atoms with Gasteiger partial charge in [-0.05, 0) is 49.8 Å². The topological polar surface area (TPSA) is 52.9 Å². The normalized spacial score (nSPS) is 25.1. The van der Waals surface area contributed by atoms with Crippen LogP contribution in [-0.4, -0.2) is 11.4 Å². The number of carbonyl (C=O) groups excluding carboxylic acids is 1. The van der Waals surface area contributed by atoms with Crippen molar-refractivity contribution in [2.45, 2.75) is 44.6 Å². The minimum absolute atomic E-state index is 0.274. The molecule has 0 aromatic heterocycles. The van der Waals surface area contributed by atoms with Crippen LogP contribution in [0, 0.1) is 17.2 Å². The number of nitriles is 1. The SMILES string of the molecule is CCC1CCC(C#N)(NC(=O)c2ccc(Br)cc2Cl)CC1.